The van der Waals surface area contributed by atoms with Crippen molar-refractivity contribution in [1.82, 2.24) is 20.0 Å². The Morgan fingerprint density at radius 2 is 2.05 bits per heavy atom. The lowest BCUT2D eigenvalue weighted by molar-refractivity contribution is 0.199. The second-order valence-electron chi connectivity index (χ2n) is 5.29. The van der Waals surface area contributed by atoms with Crippen molar-refractivity contribution in [2.75, 3.05) is 19.6 Å². The summed E-state index contributed by atoms with van der Waals surface area (Å²) in [6.45, 7) is 11.1. The van der Waals surface area contributed by atoms with E-state index in [2.05, 4.69) is 47.8 Å². The molecular weight excluding hydrogens is 260 g/mol. The maximum absolute atomic E-state index is 4.66. The summed E-state index contributed by atoms with van der Waals surface area (Å²) in [5.74, 6) is 0. The third kappa shape index (κ3) is 3.71. The molecule has 1 N–H and O–H groups in total. The molecule has 1 aliphatic rings. The Labute approximate surface area is 123 Å². The van der Waals surface area contributed by atoms with Crippen LogP contribution in [0, 0.1) is 0 Å². The van der Waals surface area contributed by atoms with E-state index in [9.17, 15) is 0 Å². The highest BCUT2D eigenvalue weighted by Gasteiger charge is 2.20. The molecule has 1 aromatic heterocycles. The number of aromatic nitrogens is 2. The Morgan fingerprint density at radius 1 is 1.32 bits per heavy atom. The zero-order valence-electron chi connectivity index (χ0n) is 12.6. The molecule has 1 fully saturated rings. The van der Waals surface area contributed by atoms with Gasteiger partial charge in [0.15, 0.2) is 0 Å². The SMILES string of the molecule is CCc1nn(C)c(CC)c1CN1CCN[C@@H](C)C1.Cl. The highest BCUT2D eigenvalue weighted by Crippen LogP contribution is 2.18. The summed E-state index contributed by atoms with van der Waals surface area (Å²) < 4.78 is 2.07. The molecule has 19 heavy (non-hydrogen) atoms. The molecule has 0 unspecified atom stereocenters. The molecule has 0 radical (unpaired) electrons. The van der Waals surface area contributed by atoms with Crippen molar-refractivity contribution in [1.29, 1.82) is 0 Å². The van der Waals surface area contributed by atoms with E-state index in [0.29, 0.717) is 6.04 Å². The molecule has 5 heteroatoms. The predicted molar refractivity (Wildman–Crippen MR) is 82.0 cm³/mol. The van der Waals surface area contributed by atoms with E-state index in [0.717, 1.165) is 39.0 Å². The highest BCUT2D eigenvalue weighted by atomic mass is 35.5. The minimum Gasteiger partial charge on any atom is -0.312 e. The third-order valence-electron chi connectivity index (χ3n) is 3.86. The molecule has 0 saturated carbocycles. The lowest BCUT2D eigenvalue weighted by Crippen LogP contribution is -2.48. The van der Waals surface area contributed by atoms with Gasteiger partial charge in [-0.25, -0.2) is 0 Å². The second kappa shape index (κ2) is 7.27. The second-order valence-corrected chi connectivity index (χ2v) is 5.29. The quantitative estimate of drug-likeness (QED) is 0.916. The van der Waals surface area contributed by atoms with Crippen molar-refractivity contribution in [3.63, 3.8) is 0 Å². The largest absolute Gasteiger partial charge is 0.312 e. The first kappa shape index (κ1) is 16.5. The van der Waals surface area contributed by atoms with E-state index >= 15 is 0 Å². The van der Waals surface area contributed by atoms with Crippen LogP contribution in [-0.4, -0.2) is 40.4 Å². The summed E-state index contributed by atoms with van der Waals surface area (Å²) >= 11 is 0. The smallest absolute Gasteiger partial charge is 0.0669 e. The van der Waals surface area contributed by atoms with Crippen LogP contribution in [0.15, 0.2) is 0 Å². The molecule has 1 atom stereocenters. The van der Waals surface area contributed by atoms with Crippen molar-refractivity contribution >= 4 is 12.4 Å². The minimum absolute atomic E-state index is 0. The Morgan fingerprint density at radius 3 is 2.63 bits per heavy atom. The summed E-state index contributed by atoms with van der Waals surface area (Å²) in [7, 11) is 2.07. The highest BCUT2D eigenvalue weighted by molar-refractivity contribution is 5.85. The standard InChI is InChI=1S/C14H26N4.ClH/c1-5-13-12(14(6-2)17(4)16-13)10-18-8-7-15-11(3)9-18;/h11,15H,5-10H2,1-4H3;1H/t11-;/m0./s1. The van der Waals surface area contributed by atoms with Gasteiger partial charge < -0.3 is 5.32 Å². The first-order valence-electron chi connectivity index (χ1n) is 7.15. The maximum atomic E-state index is 4.66. The van der Waals surface area contributed by atoms with E-state index in [1.807, 2.05) is 0 Å². The van der Waals surface area contributed by atoms with E-state index in [1.54, 1.807) is 0 Å². The fourth-order valence-corrected chi connectivity index (χ4v) is 2.95. The van der Waals surface area contributed by atoms with Crippen molar-refractivity contribution in [2.45, 2.75) is 46.2 Å². The van der Waals surface area contributed by atoms with Crippen LogP contribution in [0.2, 0.25) is 0 Å². The maximum Gasteiger partial charge on any atom is 0.0669 e. The number of halogens is 1. The molecule has 110 valence electrons. The van der Waals surface area contributed by atoms with Gasteiger partial charge in [0.1, 0.15) is 0 Å². The molecule has 1 aromatic rings. The molecular formula is C14H27ClN4. The molecule has 2 heterocycles. The molecule has 1 saturated heterocycles. The minimum atomic E-state index is 0. The van der Waals surface area contributed by atoms with Gasteiger partial charge in [0, 0.05) is 50.5 Å². The molecule has 4 nitrogen and oxygen atoms in total. The fourth-order valence-electron chi connectivity index (χ4n) is 2.95. The zero-order chi connectivity index (χ0) is 13.1. The van der Waals surface area contributed by atoms with Crippen molar-refractivity contribution in [3.05, 3.63) is 17.0 Å². The van der Waals surface area contributed by atoms with E-state index in [-0.39, 0.29) is 12.4 Å². The molecule has 0 aromatic carbocycles. The Hall–Kier alpha value is -0.580. The van der Waals surface area contributed by atoms with Crippen LogP contribution in [0.3, 0.4) is 0 Å². The summed E-state index contributed by atoms with van der Waals surface area (Å²) in [6.07, 6.45) is 2.10. The number of piperazine rings is 1. The van der Waals surface area contributed by atoms with Gasteiger partial charge in [0.05, 0.1) is 5.69 Å². The predicted octanol–water partition coefficient (Wildman–Crippen LogP) is 1.76. The van der Waals surface area contributed by atoms with Gasteiger partial charge in [-0.2, -0.15) is 5.10 Å². The molecule has 1 aliphatic heterocycles. The Bertz CT molecular complexity index is 402. The van der Waals surface area contributed by atoms with Crippen LogP contribution in [0.4, 0.5) is 0 Å². The van der Waals surface area contributed by atoms with Gasteiger partial charge in [-0.05, 0) is 19.8 Å². The van der Waals surface area contributed by atoms with Crippen molar-refractivity contribution in [2.24, 2.45) is 7.05 Å². The summed E-state index contributed by atoms with van der Waals surface area (Å²) in [5.41, 5.74) is 4.15. The van der Waals surface area contributed by atoms with E-state index in [1.165, 1.54) is 17.0 Å². The average Bonchev–Trinajstić information content (AvgIpc) is 2.65. The molecule has 0 bridgehead atoms. The van der Waals surface area contributed by atoms with Gasteiger partial charge in [-0.3, -0.25) is 9.58 Å². The summed E-state index contributed by atoms with van der Waals surface area (Å²) in [5, 5.41) is 8.16. The molecule has 0 aliphatic carbocycles. The number of nitrogens with zero attached hydrogens (tertiary/aromatic N) is 3. The van der Waals surface area contributed by atoms with Crippen LogP contribution in [0.25, 0.3) is 0 Å². The van der Waals surface area contributed by atoms with Gasteiger partial charge in [-0.1, -0.05) is 13.8 Å². The molecule has 0 amide bonds. The van der Waals surface area contributed by atoms with Gasteiger partial charge >= 0.3 is 0 Å². The number of rotatable bonds is 4. The number of aryl methyl sites for hydroxylation is 2. The Kier molecular flexibility index (Phi) is 6.30. The fraction of sp³-hybridized carbons (Fsp3) is 0.786. The number of hydrogen-bond donors (Lipinski definition) is 1. The third-order valence-corrected chi connectivity index (χ3v) is 3.86. The monoisotopic (exact) mass is 286 g/mol. The first-order valence-corrected chi connectivity index (χ1v) is 7.15. The van der Waals surface area contributed by atoms with Crippen LogP contribution in [-0.2, 0) is 26.4 Å². The normalized spacial score (nSPS) is 20.3. The van der Waals surface area contributed by atoms with Gasteiger partial charge in [-0.15, -0.1) is 12.4 Å². The summed E-state index contributed by atoms with van der Waals surface area (Å²) in [6, 6.07) is 0.602. The number of hydrogen-bond acceptors (Lipinski definition) is 3. The van der Waals surface area contributed by atoms with E-state index < -0.39 is 0 Å². The molecule has 2 rings (SSSR count). The topological polar surface area (TPSA) is 33.1 Å². The van der Waals surface area contributed by atoms with Crippen LogP contribution in [0.5, 0.6) is 0 Å². The van der Waals surface area contributed by atoms with Crippen molar-refractivity contribution in [3.8, 4) is 0 Å². The lowest BCUT2D eigenvalue weighted by Gasteiger charge is -2.32. The zero-order valence-corrected chi connectivity index (χ0v) is 13.4. The van der Waals surface area contributed by atoms with Crippen molar-refractivity contribution < 1.29 is 0 Å². The Balaban J connectivity index is 0.00000180. The van der Waals surface area contributed by atoms with Gasteiger partial charge in [0.2, 0.25) is 0 Å². The summed E-state index contributed by atoms with van der Waals surface area (Å²) in [4.78, 5) is 2.55. The van der Waals surface area contributed by atoms with Crippen LogP contribution >= 0.6 is 12.4 Å². The van der Waals surface area contributed by atoms with Crippen LogP contribution in [0.1, 0.15) is 37.7 Å². The van der Waals surface area contributed by atoms with Gasteiger partial charge in [0.25, 0.3) is 0 Å². The van der Waals surface area contributed by atoms with Crippen LogP contribution < -0.4 is 5.32 Å². The number of nitrogens with one attached hydrogen (secondary N) is 1. The van der Waals surface area contributed by atoms with E-state index in [4.69, 9.17) is 0 Å². The average molecular weight is 287 g/mol. The lowest BCUT2D eigenvalue weighted by atomic mass is 10.1. The first-order chi connectivity index (χ1) is 8.65. The molecule has 0 spiro atoms.